The first-order chi connectivity index (χ1) is 12.9. The van der Waals surface area contributed by atoms with E-state index < -0.39 is 34.5 Å². The van der Waals surface area contributed by atoms with Gasteiger partial charge in [0.2, 0.25) is 0 Å². The van der Waals surface area contributed by atoms with E-state index in [9.17, 15) is 31.1 Å². The van der Waals surface area contributed by atoms with E-state index in [0.29, 0.717) is 12.3 Å². The number of alkyl halides is 6. The zero-order chi connectivity index (χ0) is 21.1. The maximum atomic E-state index is 12.7. The molecule has 0 saturated carbocycles. The Hall–Kier alpha value is -2.75. The van der Waals surface area contributed by atoms with Crippen LogP contribution in [0.2, 0.25) is 5.02 Å². The number of ether oxygens (including phenoxy) is 1. The maximum absolute atomic E-state index is 12.7. The molecule has 2 aromatic rings. The molecule has 0 bridgehead atoms. The summed E-state index contributed by atoms with van der Waals surface area (Å²) in [5, 5.41) is 2.10. The van der Waals surface area contributed by atoms with Crippen LogP contribution in [0, 0.1) is 0 Å². The molecular formula is C17H11ClF6N2O2. The highest BCUT2D eigenvalue weighted by molar-refractivity contribution is 6.34. The fraction of sp³-hybridized carbons (Fsp3) is 0.176. The van der Waals surface area contributed by atoms with Gasteiger partial charge >= 0.3 is 18.3 Å². The number of pyridine rings is 1. The molecule has 0 unspecified atom stereocenters. The fourth-order valence-electron chi connectivity index (χ4n) is 2.04. The Morgan fingerprint density at radius 2 is 1.64 bits per heavy atom. The van der Waals surface area contributed by atoms with Crippen molar-refractivity contribution >= 4 is 28.8 Å². The van der Waals surface area contributed by atoms with E-state index in [-0.39, 0.29) is 17.0 Å². The largest absolute Gasteiger partial charge is 0.465 e. The number of carbonyl (C=O) groups excluding carboxylic acids is 1. The molecule has 0 aliphatic carbocycles. The quantitative estimate of drug-likeness (QED) is 0.406. The lowest BCUT2D eigenvalue weighted by molar-refractivity contribution is -0.138. The van der Waals surface area contributed by atoms with Crippen LogP contribution in [-0.2, 0) is 21.9 Å². The van der Waals surface area contributed by atoms with E-state index in [1.165, 1.54) is 0 Å². The highest BCUT2D eigenvalue weighted by Gasteiger charge is 2.32. The summed E-state index contributed by atoms with van der Waals surface area (Å²) in [7, 11) is 1.03. The van der Waals surface area contributed by atoms with Gasteiger partial charge in [-0.1, -0.05) is 11.6 Å². The van der Waals surface area contributed by atoms with Crippen LogP contribution < -0.4 is 5.32 Å². The average molecular weight is 425 g/mol. The maximum Gasteiger partial charge on any atom is 0.417 e. The first kappa shape index (κ1) is 21.5. The second-order valence-corrected chi connectivity index (χ2v) is 5.73. The van der Waals surface area contributed by atoms with E-state index in [0.717, 1.165) is 37.6 Å². The molecule has 1 N–H and O–H groups in total. The Kier molecular flexibility index (Phi) is 6.23. The van der Waals surface area contributed by atoms with Crippen LogP contribution in [0.1, 0.15) is 16.8 Å². The van der Waals surface area contributed by atoms with Crippen LogP contribution in [0.25, 0.3) is 5.57 Å². The van der Waals surface area contributed by atoms with Gasteiger partial charge in [-0.2, -0.15) is 26.3 Å². The van der Waals surface area contributed by atoms with Crippen LogP contribution in [0.5, 0.6) is 0 Å². The van der Waals surface area contributed by atoms with Crippen LogP contribution in [0.3, 0.4) is 0 Å². The third kappa shape index (κ3) is 5.16. The predicted molar refractivity (Wildman–Crippen MR) is 89.3 cm³/mol. The van der Waals surface area contributed by atoms with Crippen molar-refractivity contribution < 1.29 is 35.9 Å². The molecule has 11 heteroatoms. The number of halogens is 7. The van der Waals surface area contributed by atoms with Crippen molar-refractivity contribution in [1.82, 2.24) is 4.98 Å². The van der Waals surface area contributed by atoms with Crippen LogP contribution >= 0.6 is 11.6 Å². The number of nitrogens with one attached hydrogen (secondary N) is 1. The molecule has 4 nitrogen and oxygen atoms in total. The van der Waals surface area contributed by atoms with Gasteiger partial charge in [0, 0.05) is 18.1 Å². The summed E-state index contributed by atoms with van der Waals surface area (Å²) in [5.41, 5.74) is -2.41. The van der Waals surface area contributed by atoms with E-state index in [2.05, 4.69) is 15.0 Å². The topological polar surface area (TPSA) is 51.2 Å². The number of aromatic nitrogens is 1. The lowest BCUT2D eigenvalue weighted by Gasteiger charge is -2.11. The summed E-state index contributed by atoms with van der Waals surface area (Å²) < 4.78 is 80.4. The Balaban J connectivity index is 2.35. The second-order valence-electron chi connectivity index (χ2n) is 5.32. The molecule has 0 saturated heterocycles. The van der Waals surface area contributed by atoms with Gasteiger partial charge in [-0.3, -0.25) is 4.98 Å². The summed E-state index contributed by atoms with van der Waals surface area (Å²) in [5.74, 6) is -0.964. The number of carbonyl (C=O) groups is 1. The summed E-state index contributed by atoms with van der Waals surface area (Å²) in [4.78, 5) is 15.5. The van der Waals surface area contributed by atoms with Crippen molar-refractivity contribution in [3.05, 3.63) is 64.6 Å². The number of rotatable bonds is 4. The average Bonchev–Trinajstić information content (AvgIpc) is 2.61. The van der Waals surface area contributed by atoms with E-state index in [4.69, 9.17) is 11.6 Å². The summed E-state index contributed by atoms with van der Waals surface area (Å²) in [6.07, 6.45) is -7.67. The second kappa shape index (κ2) is 8.09. The minimum atomic E-state index is -4.68. The van der Waals surface area contributed by atoms with Gasteiger partial charge in [0.1, 0.15) is 5.57 Å². The van der Waals surface area contributed by atoms with Gasteiger partial charge in [0.05, 0.1) is 29.0 Å². The molecule has 1 aromatic heterocycles. The molecule has 28 heavy (non-hydrogen) atoms. The third-order valence-electron chi connectivity index (χ3n) is 3.42. The minimum absolute atomic E-state index is 0.178. The molecule has 0 amide bonds. The van der Waals surface area contributed by atoms with E-state index in [1.807, 2.05) is 0 Å². The molecule has 2 rings (SSSR count). The van der Waals surface area contributed by atoms with Gasteiger partial charge in [-0.15, -0.1) is 0 Å². The number of benzene rings is 1. The minimum Gasteiger partial charge on any atom is -0.465 e. The zero-order valence-corrected chi connectivity index (χ0v) is 14.7. The van der Waals surface area contributed by atoms with Crippen molar-refractivity contribution in [3.8, 4) is 0 Å². The smallest absolute Gasteiger partial charge is 0.417 e. The summed E-state index contributed by atoms with van der Waals surface area (Å²) >= 11 is 5.82. The Labute approximate surface area is 159 Å². The van der Waals surface area contributed by atoms with Crippen molar-refractivity contribution in [2.75, 3.05) is 12.4 Å². The first-order valence-corrected chi connectivity index (χ1v) is 7.76. The van der Waals surface area contributed by atoms with Crippen LogP contribution in [0.15, 0.2) is 42.7 Å². The number of nitrogens with zero attached hydrogens (tertiary/aromatic N) is 1. The lowest BCUT2D eigenvalue weighted by atomic mass is 10.1. The molecule has 0 radical (unpaired) electrons. The van der Waals surface area contributed by atoms with Crippen molar-refractivity contribution in [2.45, 2.75) is 12.4 Å². The van der Waals surface area contributed by atoms with Crippen LogP contribution in [-0.4, -0.2) is 18.1 Å². The number of methoxy groups -OCH3 is 1. The highest BCUT2D eigenvalue weighted by Crippen LogP contribution is 2.33. The van der Waals surface area contributed by atoms with Crippen molar-refractivity contribution in [2.24, 2.45) is 0 Å². The Morgan fingerprint density at radius 3 is 2.11 bits per heavy atom. The Morgan fingerprint density at radius 1 is 1.07 bits per heavy atom. The molecule has 1 aromatic carbocycles. The van der Waals surface area contributed by atoms with Gasteiger partial charge in [0.25, 0.3) is 0 Å². The van der Waals surface area contributed by atoms with E-state index in [1.54, 1.807) is 0 Å². The number of hydrogen-bond acceptors (Lipinski definition) is 4. The number of hydrogen-bond donors (Lipinski definition) is 1. The van der Waals surface area contributed by atoms with Crippen molar-refractivity contribution in [1.29, 1.82) is 0 Å². The SMILES string of the molecule is COC(=O)/C(=C\Nc1ccc(C(F)(F)F)cc1)c1ncc(C(F)(F)F)cc1Cl. The molecular weight excluding hydrogens is 414 g/mol. The highest BCUT2D eigenvalue weighted by atomic mass is 35.5. The van der Waals surface area contributed by atoms with Crippen LogP contribution in [0.4, 0.5) is 32.0 Å². The number of esters is 1. The number of anilines is 1. The van der Waals surface area contributed by atoms with Crippen molar-refractivity contribution in [3.63, 3.8) is 0 Å². The molecule has 1 heterocycles. The molecule has 0 aliphatic rings. The summed E-state index contributed by atoms with van der Waals surface area (Å²) in [6.45, 7) is 0. The molecule has 0 spiro atoms. The monoisotopic (exact) mass is 424 g/mol. The Bertz CT molecular complexity index is 892. The standard InChI is InChI=1S/C17H11ClF6N2O2/c1-28-15(27)12(14-13(18)6-10(7-26-14)17(22,23)24)8-25-11-4-2-9(3-5-11)16(19,20)21/h2-8,25H,1H3/b12-8-. The molecule has 150 valence electrons. The summed E-state index contributed by atoms with van der Waals surface area (Å²) in [6, 6.07) is 4.44. The van der Waals surface area contributed by atoms with Gasteiger partial charge in [-0.25, -0.2) is 4.79 Å². The van der Waals surface area contributed by atoms with E-state index >= 15 is 0 Å². The van der Waals surface area contributed by atoms with Gasteiger partial charge < -0.3 is 10.1 Å². The predicted octanol–water partition coefficient (Wildman–Crippen LogP) is 5.40. The lowest BCUT2D eigenvalue weighted by Crippen LogP contribution is -2.11. The zero-order valence-electron chi connectivity index (χ0n) is 14.0. The molecule has 0 fully saturated rings. The fourth-order valence-corrected chi connectivity index (χ4v) is 2.30. The third-order valence-corrected chi connectivity index (χ3v) is 3.71. The molecule has 0 atom stereocenters. The normalized spacial score (nSPS) is 12.6. The van der Waals surface area contributed by atoms with Gasteiger partial charge in [0.15, 0.2) is 0 Å². The first-order valence-electron chi connectivity index (χ1n) is 7.39. The van der Waals surface area contributed by atoms with Gasteiger partial charge in [-0.05, 0) is 30.3 Å². The molecule has 0 aliphatic heterocycles.